The van der Waals surface area contributed by atoms with Crippen LogP contribution in [-0.4, -0.2) is 28.0 Å². The third kappa shape index (κ3) is 4.57. The summed E-state index contributed by atoms with van der Waals surface area (Å²) in [7, 11) is 0. The molecule has 0 bridgehead atoms. The molecule has 7 heteroatoms. The van der Waals surface area contributed by atoms with Gasteiger partial charge >= 0.3 is 5.97 Å². The molecule has 1 amide bonds. The Morgan fingerprint density at radius 1 is 1.19 bits per heavy atom. The number of aromatic nitrogens is 1. The Kier molecular flexibility index (Phi) is 5.61. The highest BCUT2D eigenvalue weighted by molar-refractivity contribution is 7.17. The SMILES string of the molecule is Cc1nc(-c2cccc(F)c2)sc1C(=O)NC(Cc1ccccc1)C(=O)O. The van der Waals surface area contributed by atoms with E-state index in [0.717, 1.165) is 16.9 Å². The van der Waals surface area contributed by atoms with Crippen LogP contribution in [0.15, 0.2) is 54.6 Å². The minimum atomic E-state index is -1.11. The van der Waals surface area contributed by atoms with Gasteiger partial charge in [-0.3, -0.25) is 4.79 Å². The standard InChI is InChI=1S/C20H17FN2O3S/c1-12-17(27-19(22-12)14-8-5-9-15(21)11-14)18(24)23-16(20(25)26)10-13-6-3-2-4-7-13/h2-9,11,16H,10H2,1H3,(H,23,24)(H,25,26). The zero-order valence-corrected chi connectivity index (χ0v) is 15.3. The van der Waals surface area contributed by atoms with Gasteiger partial charge in [-0.2, -0.15) is 0 Å². The number of hydrogen-bond acceptors (Lipinski definition) is 4. The summed E-state index contributed by atoms with van der Waals surface area (Å²) in [5.41, 5.74) is 1.86. The van der Waals surface area contributed by atoms with E-state index in [-0.39, 0.29) is 12.2 Å². The third-order valence-electron chi connectivity index (χ3n) is 3.96. The minimum Gasteiger partial charge on any atom is -0.480 e. The van der Waals surface area contributed by atoms with Crippen LogP contribution in [0.1, 0.15) is 20.9 Å². The first-order valence-electron chi connectivity index (χ1n) is 8.25. The second kappa shape index (κ2) is 8.09. The highest BCUT2D eigenvalue weighted by Crippen LogP contribution is 2.28. The Labute approximate surface area is 159 Å². The molecule has 5 nitrogen and oxygen atoms in total. The van der Waals surface area contributed by atoms with Gasteiger partial charge in [-0.25, -0.2) is 14.2 Å². The van der Waals surface area contributed by atoms with E-state index in [4.69, 9.17) is 0 Å². The summed E-state index contributed by atoms with van der Waals surface area (Å²) in [6, 6.07) is 14.0. The Hall–Kier alpha value is -3.06. The number of aryl methyl sites for hydroxylation is 1. The lowest BCUT2D eigenvalue weighted by Crippen LogP contribution is -2.42. The quantitative estimate of drug-likeness (QED) is 0.679. The van der Waals surface area contributed by atoms with Crippen LogP contribution in [0.3, 0.4) is 0 Å². The normalized spacial score (nSPS) is 11.8. The van der Waals surface area contributed by atoms with E-state index in [1.54, 1.807) is 19.1 Å². The second-order valence-corrected chi connectivity index (χ2v) is 7.00. The molecule has 3 aromatic rings. The van der Waals surface area contributed by atoms with Gasteiger partial charge in [0, 0.05) is 12.0 Å². The maximum Gasteiger partial charge on any atom is 0.326 e. The van der Waals surface area contributed by atoms with Gasteiger partial charge in [0.25, 0.3) is 5.91 Å². The average Bonchev–Trinajstić information content (AvgIpc) is 3.04. The first-order chi connectivity index (χ1) is 12.9. The lowest BCUT2D eigenvalue weighted by Gasteiger charge is -2.14. The number of halogens is 1. The Balaban J connectivity index is 1.79. The van der Waals surface area contributed by atoms with Crippen LogP contribution in [-0.2, 0) is 11.2 Å². The molecule has 0 fully saturated rings. The van der Waals surface area contributed by atoms with Crippen LogP contribution in [0.2, 0.25) is 0 Å². The summed E-state index contributed by atoms with van der Waals surface area (Å²) >= 11 is 1.11. The zero-order chi connectivity index (χ0) is 19.4. The molecule has 2 N–H and O–H groups in total. The average molecular weight is 384 g/mol. The van der Waals surface area contributed by atoms with Crippen molar-refractivity contribution < 1.29 is 19.1 Å². The first kappa shape index (κ1) is 18.7. The molecule has 0 saturated heterocycles. The van der Waals surface area contributed by atoms with Crippen molar-refractivity contribution in [3.8, 4) is 10.6 Å². The van der Waals surface area contributed by atoms with Gasteiger partial charge < -0.3 is 10.4 Å². The number of aliphatic carboxylic acids is 1. The Morgan fingerprint density at radius 3 is 2.59 bits per heavy atom. The summed E-state index contributed by atoms with van der Waals surface area (Å²) in [5, 5.41) is 12.5. The molecule has 3 rings (SSSR count). The molecular formula is C20H17FN2O3S. The van der Waals surface area contributed by atoms with E-state index in [0.29, 0.717) is 21.1 Å². The molecule has 1 aromatic heterocycles. The first-order valence-corrected chi connectivity index (χ1v) is 9.06. The Bertz CT molecular complexity index is 972. The van der Waals surface area contributed by atoms with Crippen molar-refractivity contribution in [2.45, 2.75) is 19.4 Å². The minimum absolute atomic E-state index is 0.177. The third-order valence-corrected chi connectivity index (χ3v) is 5.17. The molecule has 138 valence electrons. The summed E-state index contributed by atoms with van der Waals surface area (Å²) in [4.78, 5) is 28.8. The molecule has 0 aliphatic heterocycles. The maximum absolute atomic E-state index is 13.4. The number of carboxylic acid groups (broad SMARTS) is 1. The number of hydrogen-bond donors (Lipinski definition) is 2. The second-order valence-electron chi connectivity index (χ2n) is 6.00. The van der Waals surface area contributed by atoms with Gasteiger partial charge in [0.05, 0.1) is 5.69 Å². The van der Waals surface area contributed by atoms with E-state index >= 15 is 0 Å². The Morgan fingerprint density at radius 2 is 1.93 bits per heavy atom. The van der Waals surface area contributed by atoms with Crippen LogP contribution in [0.25, 0.3) is 10.6 Å². The number of carboxylic acids is 1. The number of carbonyl (C=O) groups excluding carboxylic acids is 1. The summed E-state index contributed by atoms with van der Waals surface area (Å²) in [6.45, 7) is 1.67. The zero-order valence-electron chi connectivity index (χ0n) is 14.5. The van der Waals surface area contributed by atoms with Crippen molar-refractivity contribution >= 4 is 23.2 Å². The van der Waals surface area contributed by atoms with E-state index in [1.165, 1.54) is 12.1 Å². The number of thiazole rings is 1. The van der Waals surface area contributed by atoms with Gasteiger partial charge in [-0.05, 0) is 24.6 Å². The van der Waals surface area contributed by atoms with Crippen LogP contribution >= 0.6 is 11.3 Å². The lowest BCUT2D eigenvalue weighted by molar-refractivity contribution is -0.139. The van der Waals surface area contributed by atoms with E-state index in [1.807, 2.05) is 30.3 Å². The van der Waals surface area contributed by atoms with Crippen molar-refractivity contribution in [3.63, 3.8) is 0 Å². The molecule has 2 aromatic carbocycles. The fraction of sp³-hybridized carbons (Fsp3) is 0.150. The van der Waals surface area contributed by atoms with Crippen molar-refractivity contribution in [2.24, 2.45) is 0 Å². The topological polar surface area (TPSA) is 79.3 Å². The van der Waals surface area contributed by atoms with Crippen LogP contribution in [0.4, 0.5) is 4.39 Å². The van der Waals surface area contributed by atoms with E-state index in [2.05, 4.69) is 10.3 Å². The molecular weight excluding hydrogens is 367 g/mol. The molecule has 27 heavy (non-hydrogen) atoms. The van der Waals surface area contributed by atoms with Gasteiger partial charge in [-0.1, -0.05) is 42.5 Å². The molecule has 0 aliphatic carbocycles. The van der Waals surface area contributed by atoms with Gasteiger partial charge in [0.2, 0.25) is 0 Å². The highest BCUT2D eigenvalue weighted by Gasteiger charge is 2.24. The number of nitrogens with zero attached hydrogens (tertiary/aromatic N) is 1. The fourth-order valence-electron chi connectivity index (χ4n) is 2.63. The number of carbonyl (C=O) groups is 2. The molecule has 0 radical (unpaired) electrons. The summed E-state index contributed by atoms with van der Waals surface area (Å²) in [5.74, 6) is -2.00. The van der Waals surface area contributed by atoms with Gasteiger partial charge in [-0.15, -0.1) is 11.3 Å². The molecule has 1 atom stereocenters. The van der Waals surface area contributed by atoms with Crippen LogP contribution < -0.4 is 5.32 Å². The van der Waals surface area contributed by atoms with Crippen molar-refractivity contribution in [1.29, 1.82) is 0 Å². The molecule has 0 spiro atoms. The number of benzene rings is 2. The number of nitrogens with one attached hydrogen (secondary N) is 1. The van der Waals surface area contributed by atoms with Crippen LogP contribution in [0, 0.1) is 12.7 Å². The largest absolute Gasteiger partial charge is 0.480 e. The predicted octanol–water partition coefficient (Wildman–Crippen LogP) is 3.68. The smallest absolute Gasteiger partial charge is 0.326 e. The molecule has 0 aliphatic rings. The predicted molar refractivity (Wildman–Crippen MR) is 101 cm³/mol. The summed E-state index contributed by atoms with van der Waals surface area (Å²) < 4.78 is 13.4. The van der Waals surface area contributed by atoms with Crippen molar-refractivity contribution in [3.05, 3.63) is 76.5 Å². The molecule has 0 saturated carbocycles. The van der Waals surface area contributed by atoms with E-state index < -0.39 is 17.9 Å². The van der Waals surface area contributed by atoms with Crippen molar-refractivity contribution in [2.75, 3.05) is 0 Å². The number of rotatable bonds is 6. The molecule has 1 heterocycles. The van der Waals surface area contributed by atoms with Crippen LogP contribution in [0.5, 0.6) is 0 Å². The number of amides is 1. The summed E-state index contributed by atoms with van der Waals surface area (Å²) in [6.07, 6.45) is 0.177. The van der Waals surface area contributed by atoms with Gasteiger partial charge in [0.15, 0.2) is 0 Å². The maximum atomic E-state index is 13.4. The van der Waals surface area contributed by atoms with E-state index in [9.17, 15) is 19.1 Å². The fourth-order valence-corrected chi connectivity index (χ4v) is 3.59. The highest BCUT2D eigenvalue weighted by atomic mass is 32.1. The van der Waals surface area contributed by atoms with Crippen molar-refractivity contribution in [1.82, 2.24) is 10.3 Å². The monoisotopic (exact) mass is 384 g/mol. The molecule has 1 unspecified atom stereocenters. The van der Waals surface area contributed by atoms with Gasteiger partial charge in [0.1, 0.15) is 21.7 Å². The lowest BCUT2D eigenvalue weighted by atomic mass is 10.1.